The van der Waals surface area contributed by atoms with Crippen LogP contribution in [0.1, 0.15) is 95.8 Å². The van der Waals surface area contributed by atoms with Crippen molar-refractivity contribution in [2.75, 3.05) is 16.4 Å². The second-order valence-corrected chi connectivity index (χ2v) is 14.7. The lowest BCUT2D eigenvalue weighted by atomic mass is 10.0. The first-order valence-corrected chi connectivity index (χ1v) is 21.4. The van der Waals surface area contributed by atoms with Crippen LogP contribution in [0.3, 0.4) is 0 Å². The second kappa shape index (κ2) is 22.7. The molecule has 1 aliphatic heterocycles. The zero-order chi connectivity index (χ0) is 47.0. The Morgan fingerprint density at radius 2 is 1.27 bits per heavy atom. The van der Waals surface area contributed by atoms with Crippen molar-refractivity contribution in [3.05, 3.63) is 176 Å². The summed E-state index contributed by atoms with van der Waals surface area (Å²) < 4.78 is 6.20. The molecule has 17 heteroatoms. The van der Waals surface area contributed by atoms with Gasteiger partial charge in [0.15, 0.2) is 5.84 Å². The molecular weight excluding hydrogens is 925 g/mol. The molecule has 4 aromatic heterocycles. The number of oxime groups is 2. The van der Waals surface area contributed by atoms with Gasteiger partial charge in [0.2, 0.25) is 0 Å². The fourth-order valence-corrected chi connectivity index (χ4v) is 6.92. The minimum atomic E-state index is -0.356. The third kappa shape index (κ3) is 13.1. The molecule has 64 heavy (non-hydrogen) atoms. The standard InChI is InChI=1S/C24H23N5O3.C22H24N6O2.CH3I/c1-14-8-22(25)28-15(2)20(14)13-27-24(31)18-6-7-26-19(11-18)10-16-4-3-5-17(9-16)21-12-23(30)32-29-21;1-13-8-20(23)27-14(2)19(13)12-26-22(29)17-6-7-25-18(11-17)10-15-4-3-5-16(9-15)21(24)28-30;1-2/h3-9,11H,10,12-13H2,1-2H3,(H2,25,28)(H,27,31);3-9,11,30H,10,12H2,1-2H3,(H2,23,27)(H2,24,28)(H,26,29);1H3/i;;1D. The molecule has 6 aromatic rings. The summed E-state index contributed by atoms with van der Waals surface area (Å²) in [6.07, 6.45) is 4.45. The fraction of sp³-hybridized carbons (Fsp3) is 0.213. The zero-order valence-electron chi connectivity index (χ0n) is 36.9. The van der Waals surface area contributed by atoms with E-state index >= 15 is 0 Å². The highest BCUT2D eigenvalue weighted by Gasteiger charge is 2.19. The van der Waals surface area contributed by atoms with Crippen molar-refractivity contribution in [1.82, 2.24) is 30.6 Å². The first kappa shape index (κ1) is 46.2. The molecule has 0 saturated heterocycles. The van der Waals surface area contributed by atoms with E-state index < -0.39 is 0 Å². The number of aryl methyl sites for hydroxylation is 4. The summed E-state index contributed by atoms with van der Waals surface area (Å²) in [4.78, 5) is 59.1. The third-order valence-corrected chi connectivity index (χ3v) is 10.1. The Morgan fingerprint density at radius 1 is 0.766 bits per heavy atom. The molecule has 0 aliphatic carbocycles. The minimum absolute atomic E-state index is 0.0423. The van der Waals surface area contributed by atoms with Gasteiger partial charge in [-0.3, -0.25) is 19.6 Å². The Balaban J connectivity index is 0.000000231. The second-order valence-electron chi connectivity index (χ2n) is 14.7. The van der Waals surface area contributed by atoms with Crippen LogP contribution in [0.25, 0.3) is 0 Å². The maximum Gasteiger partial charge on any atom is 0.341 e. The van der Waals surface area contributed by atoms with Crippen LogP contribution in [0.4, 0.5) is 11.6 Å². The van der Waals surface area contributed by atoms with Gasteiger partial charge < -0.3 is 37.9 Å². The van der Waals surface area contributed by atoms with Gasteiger partial charge in [-0.2, -0.15) is 0 Å². The Hall–Kier alpha value is -7.28. The number of nitrogens with one attached hydrogen (secondary N) is 2. The Morgan fingerprint density at radius 3 is 1.73 bits per heavy atom. The lowest BCUT2D eigenvalue weighted by molar-refractivity contribution is -0.140. The first-order chi connectivity index (χ1) is 31.2. The number of nitrogens with two attached hydrogens (primary N) is 3. The largest absolute Gasteiger partial charge is 0.409 e. The van der Waals surface area contributed by atoms with E-state index in [0.29, 0.717) is 64.9 Å². The van der Waals surface area contributed by atoms with Crippen LogP contribution in [0.15, 0.2) is 108 Å². The highest BCUT2D eigenvalue weighted by atomic mass is 127. The minimum Gasteiger partial charge on any atom is -0.409 e. The number of pyridine rings is 4. The monoisotopic (exact) mass is 976 g/mol. The van der Waals surface area contributed by atoms with E-state index in [1.165, 1.54) is 0 Å². The Kier molecular flexibility index (Phi) is 16.4. The van der Waals surface area contributed by atoms with Crippen LogP contribution < -0.4 is 27.8 Å². The van der Waals surface area contributed by atoms with Crippen LogP contribution in [0.2, 0.25) is 0 Å². The van der Waals surface area contributed by atoms with E-state index in [-0.39, 0.29) is 30.0 Å². The third-order valence-electron chi connectivity index (χ3n) is 10.1. The number of aromatic nitrogens is 4. The Bertz CT molecular complexity index is 2700. The van der Waals surface area contributed by atoms with Gasteiger partial charge in [-0.25, -0.2) is 14.8 Å². The van der Waals surface area contributed by atoms with E-state index in [2.05, 4.69) is 45.7 Å². The summed E-state index contributed by atoms with van der Waals surface area (Å²) in [6.45, 7) is 8.37. The molecule has 9 N–H and O–H groups in total. The average molecular weight is 977 g/mol. The topological polar surface area (TPSA) is 259 Å². The van der Waals surface area contributed by atoms with Gasteiger partial charge in [0.1, 0.15) is 11.6 Å². The number of halogens is 1. The van der Waals surface area contributed by atoms with Crippen LogP contribution in [-0.4, -0.2) is 59.4 Å². The summed E-state index contributed by atoms with van der Waals surface area (Å²) in [5.74, 6) is 0.243. The van der Waals surface area contributed by atoms with Crippen molar-refractivity contribution in [3.63, 3.8) is 0 Å². The smallest absolute Gasteiger partial charge is 0.341 e. The SMILES string of the molecule is Cc1cc(N)nc(C)c1CNC(=O)c1ccnc(Cc2cccc(C(N)=NO)c2)c1.Cc1cc(N)nc(C)c1CNC(=O)c1ccnc(Cc2cccc(C3=NOC(=O)C3)c2)c1.[2H]CI. The number of nitrogens with zero attached hydrogens (tertiary/aromatic N) is 6. The predicted octanol–water partition coefficient (Wildman–Crippen LogP) is 6.19. The number of amidine groups is 1. The van der Waals surface area contributed by atoms with Gasteiger partial charge in [-0.05, 0) is 115 Å². The van der Waals surface area contributed by atoms with Gasteiger partial charge >= 0.3 is 5.97 Å². The summed E-state index contributed by atoms with van der Waals surface area (Å²) in [6, 6.07) is 25.5. The van der Waals surface area contributed by atoms with E-state index in [0.717, 1.165) is 61.7 Å². The molecule has 5 heterocycles. The van der Waals surface area contributed by atoms with Gasteiger partial charge in [0, 0.05) is 84.7 Å². The molecule has 0 unspecified atom stereocenters. The highest BCUT2D eigenvalue weighted by molar-refractivity contribution is 14.1. The number of rotatable bonds is 12. The van der Waals surface area contributed by atoms with Gasteiger partial charge in [0.05, 0.1) is 12.1 Å². The molecule has 0 radical (unpaired) electrons. The molecule has 330 valence electrons. The van der Waals surface area contributed by atoms with Crippen molar-refractivity contribution >= 4 is 63.6 Å². The summed E-state index contributed by atoms with van der Waals surface area (Å²) in [7, 11) is 0. The average Bonchev–Trinajstić information content (AvgIpc) is 3.72. The molecule has 7 rings (SSSR count). The van der Waals surface area contributed by atoms with Crippen molar-refractivity contribution in [3.8, 4) is 0 Å². The van der Waals surface area contributed by atoms with E-state index in [1.807, 2.05) is 92.8 Å². The first-order valence-electron chi connectivity index (χ1n) is 20.6. The maximum atomic E-state index is 12.7. The van der Waals surface area contributed by atoms with Crippen LogP contribution >= 0.6 is 22.6 Å². The van der Waals surface area contributed by atoms with E-state index in [1.54, 1.807) is 54.9 Å². The molecular formula is C47H50IN11O5. The predicted molar refractivity (Wildman–Crippen MR) is 255 cm³/mol. The lowest BCUT2D eigenvalue weighted by Crippen LogP contribution is -2.24. The molecule has 0 bridgehead atoms. The molecule has 0 saturated carbocycles. The number of nitrogen functional groups attached to an aromatic ring is 2. The van der Waals surface area contributed by atoms with E-state index in [4.69, 9.17) is 23.8 Å². The summed E-state index contributed by atoms with van der Waals surface area (Å²) >= 11 is 1.96. The molecule has 2 amide bonds. The quantitative estimate of drug-likeness (QED) is 0.0153. The van der Waals surface area contributed by atoms with E-state index in [9.17, 15) is 14.4 Å². The number of carbonyl (C=O) groups excluding carboxylic acids is 3. The van der Waals surface area contributed by atoms with Crippen molar-refractivity contribution < 1.29 is 25.8 Å². The van der Waals surface area contributed by atoms with Gasteiger partial charge in [-0.15, -0.1) is 0 Å². The molecule has 2 aromatic carbocycles. The van der Waals surface area contributed by atoms with Crippen LogP contribution in [0.5, 0.6) is 0 Å². The number of anilines is 2. The van der Waals surface area contributed by atoms with Crippen LogP contribution in [-0.2, 0) is 35.6 Å². The number of benzene rings is 2. The zero-order valence-corrected chi connectivity index (χ0v) is 38.0. The number of hydrogen-bond donors (Lipinski definition) is 6. The molecule has 16 nitrogen and oxygen atoms in total. The maximum absolute atomic E-state index is 12.7. The van der Waals surface area contributed by atoms with Gasteiger partial charge in [0.25, 0.3) is 11.8 Å². The molecule has 0 spiro atoms. The van der Waals surface area contributed by atoms with Gasteiger partial charge in [-0.1, -0.05) is 69.3 Å². The normalized spacial score (nSPS) is 12.1. The van der Waals surface area contributed by atoms with Crippen LogP contribution in [0, 0.1) is 27.7 Å². The number of amides is 2. The summed E-state index contributed by atoms with van der Waals surface area (Å²) in [5.41, 5.74) is 29.2. The van der Waals surface area contributed by atoms with Crippen molar-refractivity contribution in [2.24, 2.45) is 16.0 Å². The lowest BCUT2D eigenvalue weighted by Gasteiger charge is -2.12. The Labute approximate surface area is 386 Å². The fourth-order valence-electron chi connectivity index (χ4n) is 6.92. The number of alkyl halides is 1. The van der Waals surface area contributed by atoms with Crippen molar-refractivity contribution in [2.45, 2.75) is 60.0 Å². The molecule has 0 atom stereocenters. The molecule has 1 aliphatic rings. The molecule has 0 fully saturated rings. The highest BCUT2D eigenvalue weighted by Crippen LogP contribution is 2.19. The number of carbonyl (C=O) groups is 3. The summed E-state index contributed by atoms with van der Waals surface area (Å²) in [5, 5.41) is 21.6. The van der Waals surface area contributed by atoms with Crippen molar-refractivity contribution in [1.29, 1.82) is 0 Å². The number of hydrogen-bond acceptors (Lipinski definition) is 13.